The summed E-state index contributed by atoms with van der Waals surface area (Å²) in [6.45, 7) is 4.37. The van der Waals surface area contributed by atoms with Gasteiger partial charge in [-0.1, -0.05) is 30.3 Å². The molecule has 0 aliphatic carbocycles. The number of thioether (sulfide) groups is 1. The summed E-state index contributed by atoms with van der Waals surface area (Å²) in [7, 11) is 0. The van der Waals surface area contributed by atoms with Crippen LogP contribution in [0.3, 0.4) is 0 Å². The van der Waals surface area contributed by atoms with Gasteiger partial charge in [0.25, 0.3) is 0 Å². The summed E-state index contributed by atoms with van der Waals surface area (Å²) in [5, 5.41) is 4.92. The lowest BCUT2D eigenvalue weighted by molar-refractivity contribution is 0.443. The van der Waals surface area contributed by atoms with Crippen LogP contribution < -0.4 is 5.32 Å². The van der Waals surface area contributed by atoms with Crippen LogP contribution in [-0.2, 0) is 0 Å². The van der Waals surface area contributed by atoms with Gasteiger partial charge in [-0.15, -0.1) is 0 Å². The number of aliphatic imine (C=N–C) groups is 1. The Hall–Kier alpha value is -0.850. The Kier molecular flexibility index (Phi) is 3.88. The summed E-state index contributed by atoms with van der Waals surface area (Å²) in [6.07, 6.45) is 2.14. The van der Waals surface area contributed by atoms with Gasteiger partial charge in [0, 0.05) is 5.75 Å². The molecule has 2 heterocycles. The summed E-state index contributed by atoms with van der Waals surface area (Å²) in [4.78, 5) is 4.82. The number of hydrogen-bond donors (Lipinski definition) is 1. The first kappa shape index (κ1) is 14.1. The highest BCUT2D eigenvalue weighted by Crippen LogP contribution is 2.34. The maximum atomic E-state index is 6.29. The maximum absolute atomic E-state index is 6.29. The van der Waals surface area contributed by atoms with E-state index in [9.17, 15) is 0 Å². The average molecular weight is 327 g/mol. The van der Waals surface area contributed by atoms with Crippen LogP contribution in [0.5, 0.6) is 0 Å². The number of rotatable bonds is 2. The van der Waals surface area contributed by atoms with E-state index in [1.165, 1.54) is 11.7 Å². The van der Waals surface area contributed by atoms with E-state index < -0.39 is 0 Å². The normalized spacial score (nSPS) is 22.9. The van der Waals surface area contributed by atoms with Gasteiger partial charge in [-0.25, -0.2) is 0 Å². The third-order valence-corrected chi connectivity index (χ3v) is 5.35. The van der Waals surface area contributed by atoms with E-state index in [-0.39, 0.29) is 5.54 Å². The molecule has 0 radical (unpaired) electrons. The highest BCUT2D eigenvalue weighted by molar-refractivity contribution is 8.14. The molecule has 106 valence electrons. The first-order valence-corrected chi connectivity index (χ1v) is 8.61. The number of nitrogens with one attached hydrogen (secondary N) is 1. The van der Waals surface area contributed by atoms with Crippen LogP contribution in [-0.4, -0.2) is 25.2 Å². The highest BCUT2D eigenvalue weighted by atomic mass is 35.5. The lowest BCUT2D eigenvalue weighted by Crippen LogP contribution is -2.29. The Bertz CT molecular complexity index is 669. The topological polar surface area (TPSA) is 50.2 Å². The van der Waals surface area contributed by atoms with Crippen molar-refractivity contribution in [3.63, 3.8) is 0 Å². The van der Waals surface area contributed by atoms with Gasteiger partial charge in [0.15, 0.2) is 5.17 Å². The Morgan fingerprint density at radius 3 is 3.05 bits per heavy atom. The Morgan fingerprint density at radius 2 is 2.25 bits per heavy atom. The molecule has 2 aromatic rings. The van der Waals surface area contributed by atoms with Gasteiger partial charge in [-0.3, -0.25) is 4.99 Å². The van der Waals surface area contributed by atoms with E-state index in [0.29, 0.717) is 5.02 Å². The molecule has 0 saturated heterocycles. The quantitative estimate of drug-likeness (QED) is 0.887. The lowest BCUT2D eigenvalue weighted by atomic mass is 9.97. The molecule has 1 aliphatic heterocycles. The molecule has 1 aliphatic rings. The van der Waals surface area contributed by atoms with E-state index in [1.54, 1.807) is 11.8 Å². The largest absolute Gasteiger partial charge is 0.332 e. The zero-order valence-electron chi connectivity index (χ0n) is 11.3. The molecular weight excluding hydrogens is 312 g/mol. The molecule has 1 aromatic heterocycles. The predicted molar refractivity (Wildman–Crippen MR) is 89.3 cm³/mol. The molecule has 20 heavy (non-hydrogen) atoms. The molecule has 0 saturated carbocycles. The molecule has 1 unspecified atom stereocenters. The number of benzene rings is 1. The molecule has 0 fully saturated rings. The first-order chi connectivity index (χ1) is 9.61. The molecule has 3 rings (SSSR count). The van der Waals surface area contributed by atoms with Gasteiger partial charge in [-0.05, 0) is 31.9 Å². The van der Waals surface area contributed by atoms with E-state index in [1.807, 2.05) is 12.1 Å². The Morgan fingerprint density at radius 1 is 1.40 bits per heavy atom. The fraction of sp³-hybridized carbons (Fsp3) is 0.462. The number of fused-ring (bicyclic) bond motifs is 1. The minimum Gasteiger partial charge on any atom is -0.332 e. The van der Waals surface area contributed by atoms with Crippen LogP contribution >= 0.6 is 35.1 Å². The minimum atomic E-state index is 0.0221. The van der Waals surface area contributed by atoms with Crippen molar-refractivity contribution in [1.29, 1.82) is 0 Å². The fourth-order valence-corrected chi connectivity index (χ4v) is 4.01. The predicted octanol–water partition coefficient (Wildman–Crippen LogP) is 4.42. The van der Waals surface area contributed by atoms with E-state index >= 15 is 0 Å². The molecule has 1 aromatic carbocycles. The summed E-state index contributed by atoms with van der Waals surface area (Å²) < 4.78 is 8.56. The Balaban J connectivity index is 1.97. The van der Waals surface area contributed by atoms with Crippen molar-refractivity contribution in [1.82, 2.24) is 8.75 Å². The smallest absolute Gasteiger partial charge is 0.161 e. The molecule has 1 atom stereocenters. The molecule has 7 heteroatoms. The maximum Gasteiger partial charge on any atom is 0.161 e. The van der Waals surface area contributed by atoms with E-state index in [4.69, 9.17) is 16.6 Å². The number of hydrogen-bond acceptors (Lipinski definition) is 6. The molecule has 0 bridgehead atoms. The lowest BCUT2D eigenvalue weighted by Gasteiger charge is -2.29. The fourth-order valence-electron chi connectivity index (χ4n) is 2.07. The molecule has 0 amide bonds. The molecule has 0 spiro atoms. The molecule has 4 nitrogen and oxygen atoms in total. The van der Waals surface area contributed by atoms with Crippen molar-refractivity contribution in [2.24, 2.45) is 4.99 Å². The number of aromatic nitrogens is 2. The van der Waals surface area contributed by atoms with Gasteiger partial charge >= 0.3 is 0 Å². The molecule has 1 N–H and O–H groups in total. The van der Waals surface area contributed by atoms with Crippen LogP contribution in [0.4, 0.5) is 5.69 Å². The number of amidine groups is 1. The van der Waals surface area contributed by atoms with Gasteiger partial charge in [0.1, 0.15) is 11.0 Å². The summed E-state index contributed by atoms with van der Waals surface area (Å²) in [5.41, 5.74) is 2.51. The average Bonchev–Trinajstić information content (AvgIpc) is 2.91. The van der Waals surface area contributed by atoms with E-state index in [0.717, 1.165) is 40.5 Å². The van der Waals surface area contributed by atoms with Crippen LogP contribution in [0.25, 0.3) is 11.0 Å². The number of nitrogens with zero attached hydrogens (tertiary/aromatic N) is 3. The summed E-state index contributed by atoms with van der Waals surface area (Å²) in [6, 6.07) is 3.74. The number of anilines is 1. The monoisotopic (exact) mass is 326 g/mol. The van der Waals surface area contributed by atoms with Crippen molar-refractivity contribution in [3.05, 3.63) is 17.2 Å². The number of halogens is 1. The molecular formula is C13H15ClN4S2. The van der Waals surface area contributed by atoms with Crippen LogP contribution in [0.15, 0.2) is 17.1 Å². The van der Waals surface area contributed by atoms with E-state index in [2.05, 4.69) is 27.9 Å². The second-order valence-electron chi connectivity index (χ2n) is 5.05. The summed E-state index contributed by atoms with van der Waals surface area (Å²) in [5.74, 6) is 1.07. The van der Waals surface area contributed by atoms with Crippen molar-refractivity contribution in [2.75, 3.05) is 11.1 Å². The van der Waals surface area contributed by atoms with Gasteiger partial charge < -0.3 is 5.32 Å². The van der Waals surface area contributed by atoms with Crippen LogP contribution in [0.2, 0.25) is 5.02 Å². The standard InChI is InChI=1S/C13H15ClN4S2/c1-3-13(2)6-7-19-12(16-13)15-10-8(14)4-5-9-11(10)18-20-17-9/h4-5H,3,6-7H2,1-2H3,(H,15,16). The van der Waals surface area contributed by atoms with Crippen LogP contribution in [0.1, 0.15) is 26.7 Å². The van der Waals surface area contributed by atoms with Crippen LogP contribution in [0, 0.1) is 0 Å². The second-order valence-corrected chi connectivity index (χ2v) is 7.06. The zero-order chi connectivity index (χ0) is 14.2. The summed E-state index contributed by atoms with van der Waals surface area (Å²) >= 11 is 9.22. The Labute approximate surface area is 131 Å². The second kappa shape index (κ2) is 5.50. The van der Waals surface area contributed by atoms with Gasteiger partial charge in [0.05, 0.1) is 28.0 Å². The van der Waals surface area contributed by atoms with Gasteiger partial charge in [0.2, 0.25) is 0 Å². The van der Waals surface area contributed by atoms with Gasteiger partial charge in [-0.2, -0.15) is 8.75 Å². The van der Waals surface area contributed by atoms with Crippen molar-refractivity contribution in [2.45, 2.75) is 32.2 Å². The zero-order valence-corrected chi connectivity index (χ0v) is 13.7. The highest BCUT2D eigenvalue weighted by Gasteiger charge is 2.26. The third kappa shape index (κ3) is 2.64. The minimum absolute atomic E-state index is 0.0221. The first-order valence-electron chi connectivity index (χ1n) is 6.52. The third-order valence-electron chi connectivity index (χ3n) is 3.62. The van der Waals surface area contributed by atoms with Crippen molar-refractivity contribution < 1.29 is 0 Å². The SMILES string of the molecule is CCC1(C)CCSC(Nc2c(Cl)ccc3nsnc23)=N1. The van der Waals surface area contributed by atoms with Crippen molar-refractivity contribution in [3.8, 4) is 0 Å². The van der Waals surface area contributed by atoms with Crippen molar-refractivity contribution >= 4 is 57.0 Å².